The monoisotopic (exact) mass is 368 g/mol. The van der Waals surface area contributed by atoms with Gasteiger partial charge in [0.25, 0.3) is 5.56 Å². The number of esters is 1. The number of anilines is 1. The zero-order chi connectivity index (χ0) is 18.4. The molecule has 130 valence electrons. The van der Waals surface area contributed by atoms with E-state index >= 15 is 0 Å². The number of fused-ring (bicyclic) bond motifs is 3. The predicted octanol–water partition coefficient (Wildman–Crippen LogP) is 3.71. The number of benzene rings is 2. The molecular formula is C19H13FN2O3S. The van der Waals surface area contributed by atoms with Crippen molar-refractivity contribution in [3.05, 3.63) is 69.6 Å². The molecule has 0 atom stereocenters. The maximum absolute atomic E-state index is 13.3. The van der Waals surface area contributed by atoms with Gasteiger partial charge in [-0.2, -0.15) is 0 Å². The van der Waals surface area contributed by atoms with Gasteiger partial charge in [-0.15, -0.1) is 11.3 Å². The lowest BCUT2D eigenvalue weighted by atomic mass is 10.1. The highest BCUT2D eigenvalue weighted by molar-refractivity contribution is 7.21. The number of methoxy groups -OCH3 is 1. The van der Waals surface area contributed by atoms with Crippen molar-refractivity contribution in [3.63, 3.8) is 0 Å². The number of nitrogens with two attached hydrogens (primary N) is 1. The number of carbonyl (C=O) groups is 1. The van der Waals surface area contributed by atoms with Crippen LogP contribution in [0.3, 0.4) is 0 Å². The summed E-state index contributed by atoms with van der Waals surface area (Å²) in [6.45, 7) is 0. The van der Waals surface area contributed by atoms with E-state index < -0.39 is 11.8 Å². The van der Waals surface area contributed by atoms with E-state index in [9.17, 15) is 14.0 Å². The van der Waals surface area contributed by atoms with E-state index in [1.165, 1.54) is 35.9 Å². The minimum atomic E-state index is -0.564. The van der Waals surface area contributed by atoms with Gasteiger partial charge in [-0.25, -0.2) is 9.18 Å². The average Bonchev–Trinajstić information content (AvgIpc) is 3.00. The zero-order valence-electron chi connectivity index (χ0n) is 13.7. The fourth-order valence-electron chi connectivity index (χ4n) is 3.02. The van der Waals surface area contributed by atoms with Crippen LogP contribution < -0.4 is 11.3 Å². The first-order valence-corrected chi connectivity index (χ1v) is 8.54. The molecule has 2 N–H and O–H groups in total. The molecule has 0 aliphatic rings. The van der Waals surface area contributed by atoms with Gasteiger partial charge in [-0.05, 0) is 35.7 Å². The van der Waals surface area contributed by atoms with E-state index in [1.807, 2.05) is 0 Å². The van der Waals surface area contributed by atoms with Gasteiger partial charge in [0.1, 0.15) is 15.5 Å². The topological polar surface area (TPSA) is 74.3 Å². The van der Waals surface area contributed by atoms with E-state index in [-0.39, 0.29) is 16.1 Å². The SMILES string of the molecule is COC(=O)c1sc2c(c1N)c1ccccc1c(=O)n2-c1ccc(F)cc1. The molecule has 2 heterocycles. The highest BCUT2D eigenvalue weighted by Crippen LogP contribution is 2.38. The molecule has 0 spiro atoms. The van der Waals surface area contributed by atoms with Crippen molar-refractivity contribution >= 4 is 44.0 Å². The van der Waals surface area contributed by atoms with Gasteiger partial charge in [0, 0.05) is 10.8 Å². The second kappa shape index (κ2) is 5.96. The molecule has 0 aliphatic carbocycles. The van der Waals surface area contributed by atoms with E-state index in [1.54, 1.807) is 24.3 Å². The second-order valence-electron chi connectivity index (χ2n) is 5.68. The lowest BCUT2D eigenvalue weighted by molar-refractivity contribution is 0.0607. The van der Waals surface area contributed by atoms with Crippen LogP contribution >= 0.6 is 11.3 Å². The first-order valence-electron chi connectivity index (χ1n) is 7.73. The van der Waals surface area contributed by atoms with Crippen molar-refractivity contribution in [1.29, 1.82) is 0 Å². The maximum atomic E-state index is 13.3. The van der Waals surface area contributed by atoms with Crippen molar-refractivity contribution in [3.8, 4) is 5.69 Å². The van der Waals surface area contributed by atoms with Crippen LogP contribution in [0.5, 0.6) is 0 Å². The normalized spacial score (nSPS) is 11.2. The molecule has 2 aromatic heterocycles. The number of hydrogen-bond donors (Lipinski definition) is 1. The highest BCUT2D eigenvalue weighted by Gasteiger charge is 2.23. The Bertz CT molecular complexity index is 1230. The molecule has 26 heavy (non-hydrogen) atoms. The van der Waals surface area contributed by atoms with Crippen LogP contribution in [0.1, 0.15) is 9.67 Å². The molecule has 0 bridgehead atoms. The van der Waals surface area contributed by atoms with Gasteiger partial charge in [0.2, 0.25) is 0 Å². The Balaban J connectivity index is 2.22. The Morgan fingerprint density at radius 1 is 1.12 bits per heavy atom. The highest BCUT2D eigenvalue weighted by atomic mass is 32.1. The number of aromatic nitrogens is 1. The third-order valence-corrected chi connectivity index (χ3v) is 5.39. The second-order valence-corrected chi connectivity index (χ2v) is 6.68. The van der Waals surface area contributed by atoms with Crippen LogP contribution in [0.2, 0.25) is 0 Å². The van der Waals surface area contributed by atoms with Crippen molar-refractivity contribution in [1.82, 2.24) is 4.57 Å². The van der Waals surface area contributed by atoms with Gasteiger partial charge in [0.05, 0.1) is 18.5 Å². The standard InChI is InChI=1S/C19H13FN2O3S/c1-25-19(24)16-15(21)14-12-4-2-3-5-13(12)17(23)22(18(14)26-16)11-8-6-10(20)7-9-11/h2-9H,21H2,1H3. The molecule has 4 aromatic rings. The number of pyridine rings is 1. The summed E-state index contributed by atoms with van der Waals surface area (Å²) in [6.07, 6.45) is 0. The Labute approximate surface area is 151 Å². The summed E-state index contributed by atoms with van der Waals surface area (Å²) in [6, 6.07) is 12.6. The number of nitrogens with zero attached hydrogens (tertiary/aromatic N) is 1. The summed E-state index contributed by atoms with van der Waals surface area (Å²) in [5.41, 5.74) is 6.73. The summed E-state index contributed by atoms with van der Waals surface area (Å²) in [5, 5.41) is 1.73. The molecule has 0 radical (unpaired) electrons. The van der Waals surface area contributed by atoms with Crippen molar-refractivity contribution in [2.24, 2.45) is 0 Å². The molecule has 2 aromatic carbocycles. The predicted molar refractivity (Wildman–Crippen MR) is 101 cm³/mol. The summed E-state index contributed by atoms with van der Waals surface area (Å²) in [4.78, 5) is 25.9. The molecule has 0 unspecified atom stereocenters. The summed E-state index contributed by atoms with van der Waals surface area (Å²) >= 11 is 1.08. The number of ether oxygens (including phenoxy) is 1. The maximum Gasteiger partial charge on any atom is 0.350 e. The van der Waals surface area contributed by atoms with Crippen LogP contribution in [0.25, 0.3) is 26.7 Å². The number of nitrogen functional groups attached to an aromatic ring is 1. The Hall–Kier alpha value is -3.19. The van der Waals surface area contributed by atoms with Gasteiger partial charge in [0.15, 0.2) is 0 Å². The van der Waals surface area contributed by atoms with Gasteiger partial charge >= 0.3 is 5.97 Å². The van der Waals surface area contributed by atoms with Crippen LogP contribution in [0.4, 0.5) is 10.1 Å². The first kappa shape index (κ1) is 16.3. The fraction of sp³-hybridized carbons (Fsp3) is 0.0526. The molecule has 7 heteroatoms. The van der Waals surface area contributed by atoms with Crippen LogP contribution in [-0.4, -0.2) is 17.6 Å². The van der Waals surface area contributed by atoms with Crippen molar-refractivity contribution in [2.45, 2.75) is 0 Å². The largest absolute Gasteiger partial charge is 0.465 e. The summed E-state index contributed by atoms with van der Waals surface area (Å²) in [5.74, 6) is -0.967. The minimum absolute atomic E-state index is 0.231. The third-order valence-electron chi connectivity index (χ3n) is 4.22. The number of thiophene rings is 1. The van der Waals surface area contributed by atoms with Crippen LogP contribution in [0, 0.1) is 5.82 Å². The van der Waals surface area contributed by atoms with Crippen LogP contribution in [0.15, 0.2) is 53.3 Å². The Morgan fingerprint density at radius 2 is 1.77 bits per heavy atom. The molecule has 0 amide bonds. The molecule has 0 saturated heterocycles. The Kier molecular flexibility index (Phi) is 3.73. The lowest BCUT2D eigenvalue weighted by Gasteiger charge is -2.10. The smallest absolute Gasteiger partial charge is 0.350 e. The van der Waals surface area contributed by atoms with Gasteiger partial charge in [-0.1, -0.05) is 18.2 Å². The number of rotatable bonds is 2. The van der Waals surface area contributed by atoms with Gasteiger partial charge in [-0.3, -0.25) is 9.36 Å². The lowest BCUT2D eigenvalue weighted by Crippen LogP contribution is -2.18. The third kappa shape index (κ3) is 2.28. The minimum Gasteiger partial charge on any atom is -0.465 e. The molecule has 4 rings (SSSR count). The van der Waals surface area contributed by atoms with Crippen molar-refractivity contribution in [2.75, 3.05) is 12.8 Å². The van der Waals surface area contributed by atoms with E-state index in [4.69, 9.17) is 10.5 Å². The molecular weight excluding hydrogens is 355 g/mol. The Morgan fingerprint density at radius 3 is 2.42 bits per heavy atom. The number of halogens is 1. The first-order chi connectivity index (χ1) is 12.5. The van der Waals surface area contributed by atoms with E-state index in [0.717, 1.165) is 11.3 Å². The summed E-state index contributed by atoms with van der Waals surface area (Å²) in [7, 11) is 1.28. The van der Waals surface area contributed by atoms with E-state index in [0.29, 0.717) is 26.7 Å². The van der Waals surface area contributed by atoms with Crippen LogP contribution in [-0.2, 0) is 4.74 Å². The average molecular weight is 368 g/mol. The summed E-state index contributed by atoms with van der Waals surface area (Å²) < 4.78 is 19.6. The fourth-order valence-corrected chi connectivity index (χ4v) is 4.19. The van der Waals surface area contributed by atoms with Crippen molar-refractivity contribution < 1.29 is 13.9 Å². The zero-order valence-corrected chi connectivity index (χ0v) is 14.5. The number of hydrogen-bond acceptors (Lipinski definition) is 5. The van der Waals surface area contributed by atoms with Gasteiger partial charge < -0.3 is 10.5 Å². The van der Waals surface area contributed by atoms with E-state index in [2.05, 4.69) is 0 Å². The molecule has 0 fully saturated rings. The number of carbonyl (C=O) groups excluding carboxylic acids is 1. The molecule has 0 saturated carbocycles. The molecule has 0 aliphatic heterocycles. The molecule has 5 nitrogen and oxygen atoms in total. The quantitative estimate of drug-likeness (QED) is 0.547.